The number of anilines is 1. The molecule has 0 amide bonds. The molecule has 0 saturated carbocycles. The third kappa shape index (κ3) is 1.73. The zero-order chi connectivity index (χ0) is 12.6. The Bertz CT molecular complexity index is 678. The first kappa shape index (κ1) is 11.1. The van der Waals surface area contributed by atoms with Gasteiger partial charge in [-0.1, -0.05) is 11.6 Å². The molecule has 0 unspecified atom stereocenters. The summed E-state index contributed by atoms with van der Waals surface area (Å²) in [7, 11) is 0. The van der Waals surface area contributed by atoms with Crippen LogP contribution in [0.2, 0.25) is 5.02 Å². The number of nitro benzene ring substituents is 1. The zero-order valence-corrected chi connectivity index (χ0v) is 9.10. The smallest absolute Gasteiger partial charge is 0.288 e. The molecule has 17 heavy (non-hydrogen) atoms. The molecule has 0 aliphatic rings. The first-order valence-electron chi connectivity index (χ1n) is 4.47. The number of pyridine rings is 1. The molecule has 1 aromatic carbocycles. The summed E-state index contributed by atoms with van der Waals surface area (Å²) in [6.07, 6.45) is 1.31. The van der Waals surface area contributed by atoms with E-state index in [1.807, 2.05) is 6.07 Å². The van der Waals surface area contributed by atoms with E-state index in [0.29, 0.717) is 10.9 Å². The van der Waals surface area contributed by atoms with Gasteiger partial charge in [-0.3, -0.25) is 15.1 Å². The summed E-state index contributed by atoms with van der Waals surface area (Å²) in [5.74, 6) is 0. The van der Waals surface area contributed by atoms with Crippen molar-refractivity contribution in [3.05, 3.63) is 39.0 Å². The average Bonchev–Trinajstić information content (AvgIpc) is 2.28. The first-order valence-corrected chi connectivity index (χ1v) is 4.84. The zero-order valence-electron chi connectivity index (χ0n) is 8.35. The number of hydrogen-bond acceptors (Lipinski definition) is 5. The van der Waals surface area contributed by atoms with Crippen molar-refractivity contribution in [3.63, 3.8) is 0 Å². The van der Waals surface area contributed by atoms with Crippen LogP contribution in [0.3, 0.4) is 0 Å². The summed E-state index contributed by atoms with van der Waals surface area (Å²) in [4.78, 5) is 14.1. The molecule has 2 N–H and O–H groups in total. The fourth-order valence-corrected chi connectivity index (χ4v) is 1.68. The van der Waals surface area contributed by atoms with E-state index in [-0.39, 0.29) is 22.0 Å². The number of nitrogens with two attached hydrogens (primary N) is 1. The van der Waals surface area contributed by atoms with Crippen molar-refractivity contribution in [2.75, 3.05) is 5.73 Å². The molecule has 0 aliphatic carbocycles. The molecule has 0 atom stereocenters. The lowest BCUT2D eigenvalue weighted by atomic mass is 10.1. The van der Waals surface area contributed by atoms with Crippen LogP contribution in [0, 0.1) is 21.4 Å². The van der Waals surface area contributed by atoms with Gasteiger partial charge >= 0.3 is 0 Å². The quantitative estimate of drug-likeness (QED) is 0.615. The SMILES string of the molecule is N#Cc1cnc2cc(Cl)c([N+](=O)[O-])cc2c1N. The molecule has 0 bridgehead atoms. The third-order valence-corrected chi connectivity index (χ3v) is 2.60. The van der Waals surface area contributed by atoms with Gasteiger partial charge in [0, 0.05) is 17.6 Å². The summed E-state index contributed by atoms with van der Waals surface area (Å²) < 4.78 is 0. The Hall–Kier alpha value is -2.39. The monoisotopic (exact) mass is 248 g/mol. The predicted octanol–water partition coefficient (Wildman–Crippen LogP) is 2.25. The largest absolute Gasteiger partial charge is 0.397 e. The number of aromatic nitrogens is 1. The molecule has 2 rings (SSSR count). The number of benzene rings is 1. The molecular formula is C10H5ClN4O2. The van der Waals surface area contributed by atoms with Gasteiger partial charge in [0.2, 0.25) is 0 Å². The summed E-state index contributed by atoms with van der Waals surface area (Å²) in [6, 6.07) is 4.44. The molecular weight excluding hydrogens is 244 g/mol. The van der Waals surface area contributed by atoms with Crippen molar-refractivity contribution < 1.29 is 4.92 Å². The van der Waals surface area contributed by atoms with Crippen molar-refractivity contribution in [2.45, 2.75) is 0 Å². The molecule has 6 nitrogen and oxygen atoms in total. The summed E-state index contributed by atoms with van der Waals surface area (Å²) in [5, 5.41) is 19.8. The van der Waals surface area contributed by atoms with Gasteiger partial charge in [0.05, 0.1) is 21.7 Å². The standard InChI is InChI=1S/C10H5ClN4O2/c11-7-2-8-6(1-9(7)15(16)17)10(13)5(3-12)4-14-8/h1-2,4H,(H2,13,14). The van der Waals surface area contributed by atoms with E-state index >= 15 is 0 Å². The highest BCUT2D eigenvalue weighted by Crippen LogP contribution is 2.32. The highest BCUT2D eigenvalue weighted by Gasteiger charge is 2.16. The van der Waals surface area contributed by atoms with Crippen molar-refractivity contribution in [1.29, 1.82) is 5.26 Å². The molecule has 84 valence electrons. The number of nitrogen functional groups attached to an aromatic ring is 1. The topological polar surface area (TPSA) is 106 Å². The Morgan fingerprint density at radius 1 is 1.53 bits per heavy atom. The maximum absolute atomic E-state index is 10.7. The van der Waals surface area contributed by atoms with E-state index in [1.165, 1.54) is 18.3 Å². The van der Waals surface area contributed by atoms with Crippen LogP contribution in [0.25, 0.3) is 10.9 Å². The molecule has 0 fully saturated rings. The minimum absolute atomic E-state index is 0.0147. The van der Waals surface area contributed by atoms with Gasteiger partial charge in [-0.05, 0) is 6.07 Å². The Morgan fingerprint density at radius 2 is 2.24 bits per heavy atom. The molecule has 1 heterocycles. The lowest BCUT2D eigenvalue weighted by Crippen LogP contribution is -1.96. The molecule has 0 saturated heterocycles. The second kappa shape index (κ2) is 3.88. The summed E-state index contributed by atoms with van der Waals surface area (Å²) >= 11 is 5.74. The van der Waals surface area contributed by atoms with Gasteiger partial charge in [-0.2, -0.15) is 5.26 Å². The number of nitro groups is 1. The van der Waals surface area contributed by atoms with Crippen molar-refractivity contribution in [2.24, 2.45) is 0 Å². The second-order valence-electron chi connectivity index (χ2n) is 3.28. The summed E-state index contributed by atoms with van der Waals surface area (Å²) in [6.45, 7) is 0. The summed E-state index contributed by atoms with van der Waals surface area (Å²) in [5.41, 5.74) is 6.21. The predicted molar refractivity (Wildman–Crippen MR) is 62.5 cm³/mol. The Kier molecular flexibility index (Phi) is 2.54. The maximum Gasteiger partial charge on any atom is 0.288 e. The van der Waals surface area contributed by atoms with E-state index in [2.05, 4.69) is 4.98 Å². The Morgan fingerprint density at radius 3 is 2.82 bits per heavy atom. The maximum atomic E-state index is 10.7. The van der Waals surface area contributed by atoms with Crippen LogP contribution in [0.4, 0.5) is 11.4 Å². The van der Waals surface area contributed by atoms with E-state index in [1.54, 1.807) is 0 Å². The van der Waals surface area contributed by atoms with Crippen LogP contribution in [-0.4, -0.2) is 9.91 Å². The third-order valence-electron chi connectivity index (χ3n) is 2.30. The van der Waals surface area contributed by atoms with E-state index < -0.39 is 4.92 Å². The van der Waals surface area contributed by atoms with Gasteiger partial charge < -0.3 is 5.73 Å². The van der Waals surface area contributed by atoms with Gasteiger partial charge in [0.15, 0.2) is 0 Å². The fraction of sp³-hybridized carbons (Fsp3) is 0. The van der Waals surface area contributed by atoms with Crippen LogP contribution in [0.15, 0.2) is 18.3 Å². The average molecular weight is 249 g/mol. The van der Waals surface area contributed by atoms with Crippen LogP contribution in [0.1, 0.15) is 5.56 Å². The molecule has 7 heteroatoms. The molecule has 1 aromatic heterocycles. The number of nitrogens with zero attached hydrogens (tertiary/aromatic N) is 3. The Balaban J connectivity index is 2.87. The van der Waals surface area contributed by atoms with Gasteiger partial charge in [-0.15, -0.1) is 0 Å². The number of hydrogen-bond donors (Lipinski definition) is 1. The van der Waals surface area contributed by atoms with E-state index in [0.717, 1.165) is 0 Å². The van der Waals surface area contributed by atoms with Gasteiger partial charge in [0.25, 0.3) is 5.69 Å². The number of nitriles is 1. The van der Waals surface area contributed by atoms with Crippen molar-refractivity contribution in [3.8, 4) is 6.07 Å². The lowest BCUT2D eigenvalue weighted by molar-refractivity contribution is -0.384. The normalized spacial score (nSPS) is 10.1. The van der Waals surface area contributed by atoms with Crippen LogP contribution in [-0.2, 0) is 0 Å². The number of halogens is 1. The molecule has 0 spiro atoms. The van der Waals surface area contributed by atoms with Crippen LogP contribution in [0.5, 0.6) is 0 Å². The van der Waals surface area contributed by atoms with Crippen molar-refractivity contribution in [1.82, 2.24) is 4.98 Å². The number of rotatable bonds is 1. The molecule has 2 aromatic rings. The Labute approximate surface area is 100 Å². The van der Waals surface area contributed by atoms with Crippen LogP contribution >= 0.6 is 11.6 Å². The minimum Gasteiger partial charge on any atom is -0.397 e. The first-order chi connectivity index (χ1) is 8.04. The highest BCUT2D eigenvalue weighted by atomic mass is 35.5. The second-order valence-corrected chi connectivity index (χ2v) is 3.68. The fourth-order valence-electron chi connectivity index (χ4n) is 1.45. The van der Waals surface area contributed by atoms with Crippen molar-refractivity contribution >= 4 is 33.9 Å². The molecule has 0 radical (unpaired) electrons. The minimum atomic E-state index is -0.611. The van der Waals surface area contributed by atoms with E-state index in [4.69, 9.17) is 22.6 Å². The van der Waals surface area contributed by atoms with Crippen LogP contribution < -0.4 is 5.73 Å². The van der Waals surface area contributed by atoms with Gasteiger partial charge in [0.1, 0.15) is 11.1 Å². The van der Waals surface area contributed by atoms with E-state index in [9.17, 15) is 10.1 Å². The highest BCUT2D eigenvalue weighted by molar-refractivity contribution is 6.33. The lowest BCUT2D eigenvalue weighted by Gasteiger charge is -2.04. The van der Waals surface area contributed by atoms with Gasteiger partial charge in [-0.25, -0.2) is 0 Å². The number of fused-ring (bicyclic) bond motifs is 1. The molecule has 0 aliphatic heterocycles.